The van der Waals surface area contributed by atoms with Gasteiger partial charge in [0, 0.05) is 11.9 Å². The number of aliphatic carboxylic acids is 1. The molecule has 0 aliphatic carbocycles. The van der Waals surface area contributed by atoms with Crippen LogP contribution >= 0.6 is 11.3 Å². The number of urea groups is 1. The first-order valence-corrected chi connectivity index (χ1v) is 6.66. The van der Waals surface area contributed by atoms with Crippen LogP contribution in [-0.2, 0) is 4.79 Å². The van der Waals surface area contributed by atoms with Crippen LogP contribution in [0.15, 0.2) is 18.0 Å². The Kier molecular flexibility index (Phi) is 5.50. The van der Waals surface area contributed by atoms with Crippen LogP contribution in [0.4, 0.5) is 9.93 Å². The van der Waals surface area contributed by atoms with E-state index in [0.29, 0.717) is 5.13 Å². The molecule has 0 unspecified atom stereocenters. The van der Waals surface area contributed by atoms with E-state index >= 15 is 0 Å². The molecule has 0 aliphatic rings. The number of amides is 2. The van der Waals surface area contributed by atoms with E-state index in [4.69, 9.17) is 5.11 Å². The summed E-state index contributed by atoms with van der Waals surface area (Å²) in [6.07, 6.45) is 1.48. The van der Waals surface area contributed by atoms with E-state index in [1.807, 2.05) is 19.2 Å². The lowest BCUT2D eigenvalue weighted by atomic mass is 10.2. The number of nitrogens with one attached hydrogen (secondary N) is 1. The fourth-order valence-corrected chi connectivity index (χ4v) is 2.18. The number of anilines is 1. The van der Waals surface area contributed by atoms with Gasteiger partial charge in [0.2, 0.25) is 0 Å². The zero-order valence-electron chi connectivity index (χ0n) is 10.9. The molecular formula is C12H17N3O3S. The van der Waals surface area contributed by atoms with Crippen LogP contribution in [-0.4, -0.2) is 40.1 Å². The summed E-state index contributed by atoms with van der Waals surface area (Å²) in [6.45, 7) is 7.31. The van der Waals surface area contributed by atoms with Crippen LogP contribution in [0.25, 0.3) is 0 Å². The predicted molar refractivity (Wildman–Crippen MR) is 74.6 cm³/mol. The van der Waals surface area contributed by atoms with E-state index < -0.39 is 12.0 Å². The van der Waals surface area contributed by atoms with E-state index in [0.717, 1.165) is 10.6 Å². The number of aromatic nitrogens is 1. The molecule has 104 valence electrons. The highest BCUT2D eigenvalue weighted by Gasteiger charge is 2.17. The second-order valence-corrected chi connectivity index (χ2v) is 5.08. The highest BCUT2D eigenvalue weighted by molar-refractivity contribution is 7.13. The summed E-state index contributed by atoms with van der Waals surface area (Å²) in [5.74, 6) is -0.788. The summed E-state index contributed by atoms with van der Waals surface area (Å²) >= 11 is 1.32. The van der Waals surface area contributed by atoms with E-state index in [-0.39, 0.29) is 19.0 Å². The number of hydrogen-bond donors (Lipinski definition) is 2. The zero-order chi connectivity index (χ0) is 14.4. The Labute approximate surface area is 115 Å². The summed E-state index contributed by atoms with van der Waals surface area (Å²) in [4.78, 5) is 28.0. The number of hydrogen-bond acceptors (Lipinski definition) is 4. The fraction of sp³-hybridized carbons (Fsp3) is 0.417. The van der Waals surface area contributed by atoms with E-state index in [2.05, 4.69) is 16.9 Å². The van der Waals surface area contributed by atoms with Gasteiger partial charge in [0.05, 0.1) is 5.69 Å². The minimum absolute atomic E-state index is 0.167. The van der Waals surface area contributed by atoms with Gasteiger partial charge >= 0.3 is 12.0 Å². The van der Waals surface area contributed by atoms with Crippen molar-refractivity contribution in [3.8, 4) is 0 Å². The van der Waals surface area contributed by atoms with Gasteiger partial charge in [-0.15, -0.1) is 17.9 Å². The van der Waals surface area contributed by atoms with Crippen molar-refractivity contribution in [2.75, 3.05) is 18.4 Å². The summed E-state index contributed by atoms with van der Waals surface area (Å²) in [5, 5.41) is 13.7. The quantitative estimate of drug-likeness (QED) is 0.785. The highest BCUT2D eigenvalue weighted by atomic mass is 32.1. The molecule has 19 heavy (non-hydrogen) atoms. The molecule has 0 saturated carbocycles. The van der Waals surface area contributed by atoms with Crippen LogP contribution in [0.1, 0.15) is 25.5 Å². The average Bonchev–Trinajstić information content (AvgIpc) is 2.76. The maximum Gasteiger partial charge on any atom is 0.324 e. The summed E-state index contributed by atoms with van der Waals surface area (Å²) in [5.41, 5.74) is 0.897. The lowest BCUT2D eigenvalue weighted by Gasteiger charge is -2.18. The molecule has 1 aromatic heterocycles. The normalized spacial score (nSPS) is 10.3. The topological polar surface area (TPSA) is 82.5 Å². The first-order chi connectivity index (χ1) is 8.93. The van der Waals surface area contributed by atoms with E-state index in [9.17, 15) is 9.59 Å². The Morgan fingerprint density at radius 2 is 2.32 bits per heavy atom. The molecule has 1 rings (SSSR count). The molecule has 6 nitrogen and oxygen atoms in total. The van der Waals surface area contributed by atoms with Gasteiger partial charge < -0.3 is 10.0 Å². The number of carboxylic acid groups (broad SMARTS) is 1. The van der Waals surface area contributed by atoms with Crippen molar-refractivity contribution in [1.82, 2.24) is 9.88 Å². The second kappa shape index (κ2) is 6.89. The zero-order valence-corrected chi connectivity index (χ0v) is 11.7. The maximum atomic E-state index is 11.9. The SMILES string of the molecule is C=CCN(CC(=O)O)C(=O)Nc1nc(C(C)C)cs1. The molecule has 0 spiro atoms. The molecule has 7 heteroatoms. The lowest BCUT2D eigenvalue weighted by Crippen LogP contribution is -2.38. The first kappa shape index (κ1) is 15.2. The Morgan fingerprint density at radius 3 is 2.79 bits per heavy atom. The van der Waals surface area contributed by atoms with Gasteiger partial charge in [0.15, 0.2) is 5.13 Å². The van der Waals surface area contributed by atoms with Crippen LogP contribution in [0.3, 0.4) is 0 Å². The van der Waals surface area contributed by atoms with Gasteiger partial charge in [-0.25, -0.2) is 9.78 Å². The van der Waals surface area contributed by atoms with Gasteiger partial charge in [-0.2, -0.15) is 0 Å². The van der Waals surface area contributed by atoms with Crippen molar-refractivity contribution in [3.63, 3.8) is 0 Å². The molecule has 1 heterocycles. The highest BCUT2D eigenvalue weighted by Crippen LogP contribution is 2.21. The number of carbonyl (C=O) groups is 2. The molecule has 0 radical (unpaired) electrons. The molecule has 0 atom stereocenters. The number of rotatable bonds is 6. The molecule has 2 amide bonds. The van der Waals surface area contributed by atoms with Gasteiger partial charge in [0.1, 0.15) is 6.54 Å². The van der Waals surface area contributed by atoms with Crippen LogP contribution < -0.4 is 5.32 Å². The Bertz CT molecular complexity index is 471. The molecule has 0 bridgehead atoms. The van der Waals surface area contributed by atoms with Gasteiger partial charge in [-0.1, -0.05) is 19.9 Å². The van der Waals surface area contributed by atoms with E-state index in [1.165, 1.54) is 17.4 Å². The average molecular weight is 283 g/mol. The molecule has 0 aromatic carbocycles. The molecule has 1 aromatic rings. The largest absolute Gasteiger partial charge is 0.480 e. The third kappa shape index (κ3) is 4.70. The lowest BCUT2D eigenvalue weighted by molar-refractivity contribution is -0.137. The fourth-order valence-electron chi connectivity index (χ4n) is 1.32. The molecular weight excluding hydrogens is 266 g/mol. The Morgan fingerprint density at radius 1 is 1.63 bits per heavy atom. The van der Waals surface area contributed by atoms with Gasteiger partial charge in [-0.3, -0.25) is 10.1 Å². The minimum Gasteiger partial charge on any atom is -0.480 e. The molecule has 0 aliphatic heterocycles. The minimum atomic E-state index is -1.07. The first-order valence-electron chi connectivity index (χ1n) is 5.78. The van der Waals surface area contributed by atoms with Crippen molar-refractivity contribution >= 4 is 28.5 Å². The van der Waals surface area contributed by atoms with Gasteiger partial charge in [0.25, 0.3) is 0 Å². The van der Waals surface area contributed by atoms with Crippen molar-refractivity contribution < 1.29 is 14.7 Å². The summed E-state index contributed by atoms with van der Waals surface area (Å²) in [6, 6.07) is -0.494. The van der Waals surface area contributed by atoms with Crippen molar-refractivity contribution in [3.05, 3.63) is 23.7 Å². The van der Waals surface area contributed by atoms with Crippen LogP contribution in [0.2, 0.25) is 0 Å². The predicted octanol–water partition coefficient (Wildman–Crippen LogP) is 2.37. The number of carboxylic acids is 1. The Hall–Kier alpha value is -1.89. The third-order valence-electron chi connectivity index (χ3n) is 2.29. The van der Waals surface area contributed by atoms with Crippen LogP contribution in [0.5, 0.6) is 0 Å². The molecule has 0 fully saturated rings. The summed E-state index contributed by atoms with van der Waals surface area (Å²) in [7, 11) is 0. The van der Waals surface area contributed by atoms with E-state index in [1.54, 1.807) is 0 Å². The standard InChI is InChI=1S/C12H17N3O3S/c1-4-5-15(6-10(16)17)12(18)14-11-13-9(7-19-11)8(2)3/h4,7-8H,1,5-6H2,2-3H3,(H,16,17)(H,13,14,18). The summed E-state index contributed by atoms with van der Waals surface area (Å²) < 4.78 is 0. The Balaban J connectivity index is 2.69. The number of carbonyl (C=O) groups excluding carboxylic acids is 1. The van der Waals surface area contributed by atoms with Crippen molar-refractivity contribution in [1.29, 1.82) is 0 Å². The van der Waals surface area contributed by atoms with Crippen LogP contribution in [0, 0.1) is 0 Å². The smallest absolute Gasteiger partial charge is 0.324 e. The third-order valence-corrected chi connectivity index (χ3v) is 3.07. The maximum absolute atomic E-state index is 11.9. The number of thiazole rings is 1. The molecule has 0 saturated heterocycles. The monoisotopic (exact) mass is 283 g/mol. The van der Waals surface area contributed by atoms with Gasteiger partial charge in [-0.05, 0) is 5.92 Å². The number of nitrogens with zero attached hydrogens (tertiary/aromatic N) is 2. The second-order valence-electron chi connectivity index (χ2n) is 4.23. The van der Waals surface area contributed by atoms with Crippen molar-refractivity contribution in [2.45, 2.75) is 19.8 Å². The van der Waals surface area contributed by atoms with Crippen molar-refractivity contribution in [2.24, 2.45) is 0 Å². The molecule has 2 N–H and O–H groups in total.